The van der Waals surface area contributed by atoms with Gasteiger partial charge < -0.3 is 4.74 Å². The van der Waals surface area contributed by atoms with Crippen LogP contribution >= 0.6 is 0 Å². The largest absolute Gasteiger partial charge is 0.442 e. The molecule has 0 atom stereocenters. The molecule has 6 nitrogen and oxygen atoms in total. The Balaban J connectivity index is 1.71. The molecule has 1 heterocycles. The highest BCUT2D eigenvalue weighted by molar-refractivity contribution is 5.76. The van der Waals surface area contributed by atoms with Crippen LogP contribution in [0.1, 0.15) is 5.56 Å². The molecule has 0 N–H and O–H groups in total. The monoisotopic (exact) mass is 313 g/mol. The summed E-state index contributed by atoms with van der Waals surface area (Å²) in [7, 11) is 0. The number of fused-ring (bicyclic) bond motifs is 1. The fourth-order valence-corrected chi connectivity index (χ4v) is 2.09. The van der Waals surface area contributed by atoms with Crippen molar-refractivity contribution in [1.29, 1.82) is 0 Å². The van der Waals surface area contributed by atoms with Crippen LogP contribution in [-0.2, 0) is 22.7 Å². The zero-order valence-corrected chi connectivity index (χ0v) is 12.0. The fourth-order valence-electron chi connectivity index (χ4n) is 2.09. The van der Waals surface area contributed by atoms with E-state index in [0.29, 0.717) is 10.9 Å². The molecule has 116 valence electrons. The number of hydrogen-bond acceptors (Lipinski definition) is 5. The number of benzene rings is 2. The molecule has 0 radical (unpaired) electrons. The molecule has 0 aliphatic heterocycles. The molecular weight excluding hydrogens is 301 g/mol. The Morgan fingerprint density at radius 2 is 1.87 bits per heavy atom. The Labute approximate surface area is 130 Å². The van der Waals surface area contributed by atoms with Crippen molar-refractivity contribution in [2.75, 3.05) is 0 Å². The third kappa shape index (κ3) is 3.23. The summed E-state index contributed by atoms with van der Waals surface area (Å²) in [4.78, 5) is 23.9. The minimum absolute atomic E-state index is 0.220. The second-order valence-corrected chi connectivity index (χ2v) is 4.82. The predicted molar refractivity (Wildman–Crippen MR) is 80.0 cm³/mol. The zero-order valence-electron chi connectivity index (χ0n) is 12.0. The van der Waals surface area contributed by atoms with Crippen molar-refractivity contribution in [3.8, 4) is 0 Å². The molecule has 0 spiro atoms. The van der Waals surface area contributed by atoms with Crippen LogP contribution in [0.2, 0.25) is 0 Å². The van der Waals surface area contributed by atoms with E-state index >= 15 is 0 Å². The number of carbonyl (C=O) groups excluding carboxylic acids is 1. The molecule has 0 saturated carbocycles. The van der Waals surface area contributed by atoms with Gasteiger partial charge in [-0.05, 0) is 23.8 Å². The van der Waals surface area contributed by atoms with Gasteiger partial charge in [-0.25, -0.2) is 4.39 Å². The van der Waals surface area contributed by atoms with Crippen LogP contribution in [0.5, 0.6) is 0 Å². The van der Waals surface area contributed by atoms with Crippen LogP contribution in [0.4, 0.5) is 4.39 Å². The zero-order chi connectivity index (χ0) is 16.2. The Kier molecular flexibility index (Phi) is 4.09. The van der Waals surface area contributed by atoms with Gasteiger partial charge in [0, 0.05) is 0 Å². The Morgan fingerprint density at radius 1 is 1.13 bits per heavy atom. The van der Waals surface area contributed by atoms with E-state index in [2.05, 4.69) is 10.3 Å². The number of carbonyl (C=O) groups is 1. The molecule has 1 aromatic heterocycles. The maximum atomic E-state index is 13.5. The Morgan fingerprint density at radius 3 is 2.70 bits per heavy atom. The van der Waals surface area contributed by atoms with E-state index in [-0.39, 0.29) is 18.7 Å². The normalized spacial score (nSPS) is 10.7. The van der Waals surface area contributed by atoms with Gasteiger partial charge in [0.25, 0.3) is 5.56 Å². The highest BCUT2D eigenvalue weighted by atomic mass is 19.1. The van der Waals surface area contributed by atoms with E-state index in [4.69, 9.17) is 4.74 Å². The maximum Gasteiger partial charge on any atom is 0.312 e. The topological polar surface area (TPSA) is 74.1 Å². The second kappa shape index (κ2) is 6.35. The smallest absolute Gasteiger partial charge is 0.312 e. The summed E-state index contributed by atoms with van der Waals surface area (Å²) < 4.78 is 19.4. The average Bonchev–Trinajstić information content (AvgIpc) is 2.57. The molecule has 0 aliphatic rings. The van der Waals surface area contributed by atoms with E-state index in [0.717, 1.165) is 4.68 Å². The molecular formula is C16H12FN3O3. The number of esters is 1. The Hall–Kier alpha value is -3.09. The van der Waals surface area contributed by atoms with E-state index in [1.54, 1.807) is 30.3 Å². The van der Waals surface area contributed by atoms with Gasteiger partial charge in [0.1, 0.15) is 11.3 Å². The van der Waals surface area contributed by atoms with E-state index in [1.807, 2.05) is 0 Å². The number of nitrogens with zero attached hydrogens (tertiary/aromatic N) is 3. The van der Waals surface area contributed by atoms with Crippen molar-refractivity contribution in [2.24, 2.45) is 0 Å². The van der Waals surface area contributed by atoms with Crippen LogP contribution in [0.15, 0.2) is 53.3 Å². The summed E-state index contributed by atoms with van der Waals surface area (Å²) >= 11 is 0. The number of rotatable bonds is 4. The fraction of sp³-hybridized carbons (Fsp3) is 0.125. The standard InChI is InChI=1S/C16H12FN3O3/c17-13-7-3-1-5-11(13)9-15(21)23-10-20-16(22)12-6-2-4-8-14(12)18-19-20/h1-8H,9-10H2. The summed E-state index contributed by atoms with van der Waals surface area (Å²) in [5.41, 5.74) is 0.287. The lowest BCUT2D eigenvalue weighted by Gasteiger charge is -2.07. The van der Waals surface area contributed by atoms with E-state index in [9.17, 15) is 14.0 Å². The van der Waals surface area contributed by atoms with Gasteiger partial charge in [0.05, 0.1) is 11.8 Å². The van der Waals surface area contributed by atoms with Crippen LogP contribution in [0.25, 0.3) is 10.9 Å². The van der Waals surface area contributed by atoms with Crippen molar-refractivity contribution in [2.45, 2.75) is 13.2 Å². The number of halogens is 1. The van der Waals surface area contributed by atoms with E-state index in [1.165, 1.54) is 18.2 Å². The minimum Gasteiger partial charge on any atom is -0.442 e. The van der Waals surface area contributed by atoms with Gasteiger partial charge in [-0.3, -0.25) is 9.59 Å². The number of hydrogen-bond donors (Lipinski definition) is 0. The van der Waals surface area contributed by atoms with Crippen molar-refractivity contribution in [3.05, 3.63) is 70.3 Å². The quantitative estimate of drug-likeness (QED) is 0.685. The SMILES string of the molecule is O=C(Cc1ccccc1F)OCn1nnc2ccccc2c1=O. The first kappa shape index (κ1) is 14.8. The highest BCUT2D eigenvalue weighted by Gasteiger charge is 2.11. The molecule has 3 rings (SSSR count). The first-order valence-electron chi connectivity index (χ1n) is 6.87. The van der Waals surface area contributed by atoms with Crippen LogP contribution in [0, 0.1) is 5.82 Å². The third-order valence-corrected chi connectivity index (χ3v) is 3.27. The van der Waals surface area contributed by atoms with Gasteiger partial charge >= 0.3 is 5.97 Å². The minimum atomic E-state index is -0.656. The van der Waals surface area contributed by atoms with Crippen LogP contribution < -0.4 is 5.56 Å². The van der Waals surface area contributed by atoms with Gasteiger partial charge in [-0.1, -0.05) is 35.5 Å². The van der Waals surface area contributed by atoms with Crippen molar-refractivity contribution in [1.82, 2.24) is 15.0 Å². The molecule has 0 amide bonds. The lowest BCUT2D eigenvalue weighted by molar-refractivity contribution is -0.147. The predicted octanol–water partition coefficient (Wildman–Crippen LogP) is 1.67. The summed E-state index contributed by atoms with van der Waals surface area (Å²) in [5.74, 6) is -1.14. The van der Waals surface area contributed by atoms with Crippen molar-refractivity contribution >= 4 is 16.9 Å². The third-order valence-electron chi connectivity index (χ3n) is 3.27. The highest BCUT2D eigenvalue weighted by Crippen LogP contribution is 2.08. The molecule has 0 fully saturated rings. The maximum absolute atomic E-state index is 13.5. The van der Waals surface area contributed by atoms with Crippen molar-refractivity contribution in [3.63, 3.8) is 0 Å². The number of aromatic nitrogens is 3. The molecule has 0 aliphatic carbocycles. The first-order valence-corrected chi connectivity index (χ1v) is 6.87. The summed E-state index contributed by atoms with van der Waals surface area (Å²) in [6.07, 6.45) is -0.220. The molecule has 23 heavy (non-hydrogen) atoms. The average molecular weight is 313 g/mol. The summed E-state index contributed by atoms with van der Waals surface area (Å²) in [6, 6.07) is 12.7. The summed E-state index contributed by atoms with van der Waals surface area (Å²) in [6.45, 7) is -0.371. The molecule has 0 unspecified atom stereocenters. The van der Waals surface area contributed by atoms with Crippen molar-refractivity contribution < 1.29 is 13.9 Å². The molecule has 3 aromatic rings. The van der Waals surface area contributed by atoms with Gasteiger partial charge in [-0.15, -0.1) is 5.10 Å². The van der Waals surface area contributed by atoms with Crippen LogP contribution in [-0.4, -0.2) is 21.0 Å². The molecule has 2 aromatic carbocycles. The summed E-state index contributed by atoms with van der Waals surface area (Å²) in [5, 5.41) is 7.97. The van der Waals surface area contributed by atoms with Crippen LogP contribution in [0.3, 0.4) is 0 Å². The second-order valence-electron chi connectivity index (χ2n) is 4.82. The van der Waals surface area contributed by atoms with Gasteiger partial charge in [-0.2, -0.15) is 4.68 Å². The van der Waals surface area contributed by atoms with Gasteiger partial charge in [0.2, 0.25) is 0 Å². The first-order chi connectivity index (χ1) is 11.1. The van der Waals surface area contributed by atoms with Gasteiger partial charge in [0.15, 0.2) is 6.73 Å². The molecule has 0 bridgehead atoms. The van der Waals surface area contributed by atoms with E-state index < -0.39 is 17.3 Å². The molecule has 0 saturated heterocycles. The lowest BCUT2D eigenvalue weighted by Crippen LogP contribution is -2.27. The lowest BCUT2D eigenvalue weighted by atomic mass is 10.1. The number of ether oxygens (including phenoxy) is 1. The molecule has 7 heteroatoms. The Bertz CT molecular complexity index is 924.